The lowest BCUT2D eigenvalue weighted by Crippen LogP contribution is -2.50. The van der Waals surface area contributed by atoms with E-state index in [0.717, 1.165) is 22.5 Å². The van der Waals surface area contributed by atoms with Gasteiger partial charge in [0.15, 0.2) is 0 Å². The van der Waals surface area contributed by atoms with Gasteiger partial charge in [-0.3, -0.25) is 0 Å². The fourth-order valence-electron chi connectivity index (χ4n) is 3.18. The van der Waals surface area contributed by atoms with Crippen LogP contribution in [0.1, 0.15) is 21.5 Å². The van der Waals surface area contributed by atoms with Gasteiger partial charge in [-0.15, -0.1) is 0 Å². The quantitative estimate of drug-likeness (QED) is 0.844. The summed E-state index contributed by atoms with van der Waals surface area (Å²) < 4.78 is 4.78. The second-order valence-corrected chi connectivity index (χ2v) is 6.76. The van der Waals surface area contributed by atoms with E-state index in [4.69, 9.17) is 4.74 Å². The Kier molecular flexibility index (Phi) is 5.64. The van der Waals surface area contributed by atoms with Crippen LogP contribution in [0, 0.1) is 13.8 Å². The molecule has 1 N–H and O–H groups in total. The SMILES string of the molecule is COC(=O)c1cccc(N2CCN(C(=O)Nc3cc(C)ccc3C)CC2)c1. The average Bonchev–Trinajstić information content (AvgIpc) is 2.70. The third-order valence-electron chi connectivity index (χ3n) is 4.83. The number of amides is 2. The van der Waals surface area contributed by atoms with E-state index < -0.39 is 0 Å². The summed E-state index contributed by atoms with van der Waals surface area (Å²) in [4.78, 5) is 28.3. The lowest BCUT2D eigenvalue weighted by molar-refractivity contribution is 0.0600. The monoisotopic (exact) mass is 367 g/mol. The fourth-order valence-corrected chi connectivity index (χ4v) is 3.18. The minimum absolute atomic E-state index is 0.0772. The van der Waals surface area contributed by atoms with E-state index in [2.05, 4.69) is 10.2 Å². The number of hydrogen-bond donors (Lipinski definition) is 1. The third-order valence-corrected chi connectivity index (χ3v) is 4.83. The number of hydrogen-bond acceptors (Lipinski definition) is 4. The number of nitrogens with one attached hydrogen (secondary N) is 1. The molecule has 1 fully saturated rings. The number of aryl methyl sites for hydroxylation is 2. The summed E-state index contributed by atoms with van der Waals surface area (Å²) >= 11 is 0. The predicted molar refractivity (Wildman–Crippen MR) is 107 cm³/mol. The lowest BCUT2D eigenvalue weighted by Gasteiger charge is -2.36. The van der Waals surface area contributed by atoms with Crippen molar-refractivity contribution in [3.8, 4) is 0 Å². The molecule has 0 aromatic heterocycles. The first kappa shape index (κ1) is 18.8. The van der Waals surface area contributed by atoms with Crippen molar-refractivity contribution in [3.05, 3.63) is 59.2 Å². The van der Waals surface area contributed by atoms with Crippen LogP contribution < -0.4 is 10.2 Å². The van der Waals surface area contributed by atoms with Crippen molar-refractivity contribution in [2.45, 2.75) is 13.8 Å². The molecule has 27 heavy (non-hydrogen) atoms. The Hall–Kier alpha value is -3.02. The van der Waals surface area contributed by atoms with Crippen LogP contribution in [-0.2, 0) is 4.74 Å². The van der Waals surface area contributed by atoms with Crippen LogP contribution in [0.2, 0.25) is 0 Å². The number of rotatable bonds is 3. The van der Waals surface area contributed by atoms with Crippen LogP contribution in [0.5, 0.6) is 0 Å². The summed E-state index contributed by atoms with van der Waals surface area (Å²) in [5.41, 5.74) is 4.52. The summed E-state index contributed by atoms with van der Waals surface area (Å²) in [6, 6.07) is 13.3. The minimum Gasteiger partial charge on any atom is -0.465 e. The topological polar surface area (TPSA) is 61.9 Å². The zero-order chi connectivity index (χ0) is 19.4. The summed E-state index contributed by atoms with van der Waals surface area (Å²) in [6.45, 7) is 6.67. The molecule has 2 aromatic carbocycles. The van der Waals surface area contributed by atoms with E-state index >= 15 is 0 Å². The Labute approximate surface area is 159 Å². The number of urea groups is 1. The molecule has 0 saturated carbocycles. The summed E-state index contributed by atoms with van der Waals surface area (Å²) in [5.74, 6) is -0.344. The van der Waals surface area contributed by atoms with Crippen LogP contribution in [0.25, 0.3) is 0 Å². The molecule has 0 aliphatic carbocycles. The van der Waals surface area contributed by atoms with Crippen molar-refractivity contribution in [3.63, 3.8) is 0 Å². The smallest absolute Gasteiger partial charge is 0.337 e. The van der Waals surface area contributed by atoms with Gasteiger partial charge in [-0.05, 0) is 49.2 Å². The maximum Gasteiger partial charge on any atom is 0.337 e. The number of nitrogens with zero attached hydrogens (tertiary/aromatic N) is 2. The molecule has 1 saturated heterocycles. The van der Waals surface area contributed by atoms with Crippen LogP contribution >= 0.6 is 0 Å². The number of anilines is 2. The van der Waals surface area contributed by atoms with Crippen molar-refractivity contribution >= 4 is 23.4 Å². The molecule has 6 nitrogen and oxygen atoms in total. The molecule has 1 heterocycles. The predicted octanol–water partition coefficient (Wildman–Crippen LogP) is 3.44. The number of esters is 1. The first-order valence-electron chi connectivity index (χ1n) is 9.04. The highest BCUT2D eigenvalue weighted by atomic mass is 16.5. The molecule has 0 atom stereocenters. The Morgan fingerprint density at radius 1 is 1.00 bits per heavy atom. The molecule has 142 valence electrons. The summed E-state index contributed by atoms with van der Waals surface area (Å²) in [7, 11) is 1.38. The normalized spacial score (nSPS) is 14.0. The molecule has 6 heteroatoms. The average molecular weight is 367 g/mol. The Morgan fingerprint density at radius 3 is 2.44 bits per heavy atom. The molecule has 0 bridgehead atoms. The van der Waals surface area contributed by atoms with E-state index in [-0.39, 0.29) is 12.0 Å². The van der Waals surface area contributed by atoms with Crippen LogP contribution in [0.4, 0.5) is 16.2 Å². The number of piperazine rings is 1. The number of methoxy groups -OCH3 is 1. The third kappa shape index (κ3) is 4.39. The molecule has 0 spiro atoms. The van der Waals surface area contributed by atoms with Crippen molar-refractivity contribution in [1.29, 1.82) is 0 Å². The number of carbonyl (C=O) groups is 2. The zero-order valence-electron chi connectivity index (χ0n) is 16.0. The summed E-state index contributed by atoms with van der Waals surface area (Å²) in [5, 5.41) is 3.01. The molecule has 0 unspecified atom stereocenters. The van der Waals surface area contributed by atoms with E-state index in [0.29, 0.717) is 31.7 Å². The minimum atomic E-state index is -0.344. The highest BCUT2D eigenvalue weighted by Crippen LogP contribution is 2.20. The largest absolute Gasteiger partial charge is 0.465 e. The van der Waals surface area contributed by atoms with Crippen LogP contribution in [0.15, 0.2) is 42.5 Å². The Balaban J connectivity index is 1.61. The molecular weight excluding hydrogens is 342 g/mol. The molecule has 1 aliphatic rings. The van der Waals surface area contributed by atoms with Gasteiger partial charge in [0.05, 0.1) is 12.7 Å². The van der Waals surface area contributed by atoms with Crippen molar-refractivity contribution in [2.75, 3.05) is 43.5 Å². The first-order valence-corrected chi connectivity index (χ1v) is 9.04. The van der Waals surface area contributed by atoms with E-state index in [1.165, 1.54) is 7.11 Å². The highest BCUT2D eigenvalue weighted by Gasteiger charge is 2.22. The maximum absolute atomic E-state index is 12.6. The van der Waals surface area contributed by atoms with Gasteiger partial charge in [-0.1, -0.05) is 18.2 Å². The van der Waals surface area contributed by atoms with Gasteiger partial charge in [0.1, 0.15) is 0 Å². The van der Waals surface area contributed by atoms with E-state index in [1.54, 1.807) is 6.07 Å². The van der Waals surface area contributed by atoms with Gasteiger partial charge >= 0.3 is 12.0 Å². The van der Waals surface area contributed by atoms with Crippen LogP contribution in [-0.4, -0.2) is 50.2 Å². The molecule has 3 rings (SSSR count). The van der Waals surface area contributed by atoms with Gasteiger partial charge < -0.3 is 19.9 Å². The van der Waals surface area contributed by atoms with Crippen molar-refractivity contribution in [2.24, 2.45) is 0 Å². The Morgan fingerprint density at radius 2 is 1.74 bits per heavy atom. The van der Waals surface area contributed by atoms with Crippen molar-refractivity contribution in [1.82, 2.24) is 4.90 Å². The molecule has 2 aromatic rings. The van der Waals surface area contributed by atoms with E-state index in [9.17, 15) is 9.59 Å². The fraction of sp³-hybridized carbons (Fsp3) is 0.333. The highest BCUT2D eigenvalue weighted by molar-refractivity contribution is 5.91. The van der Waals surface area contributed by atoms with E-state index in [1.807, 2.05) is 55.1 Å². The zero-order valence-corrected chi connectivity index (χ0v) is 16.0. The second kappa shape index (κ2) is 8.12. The van der Waals surface area contributed by atoms with Gasteiger partial charge in [0.25, 0.3) is 0 Å². The molecule has 0 radical (unpaired) electrons. The van der Waals surface area contributed by atoms with Crippen molar-refractivity contribution < 1.29 is 14.3 Å². The van der Waals surface area contributed by atoms with Gasteiger partial charge in [-0.2, -0.15) is 0 Å². The Bertz CT molecular complexity index is 842. The molecular formula is C21H25N3O3. The second-order valence-electron chi connectivity index (χ2n) is 6.76. The standard InChI is InChI=1S/C21H25N3O3/c1-15-7-8-16(2)19(13-15)22-21(26)24-11-9-23(10-12-24)18-6-4-5-17(14-18)20(25)27-3/h4-8,13-14H,9-12H2,1-3H3,(H,22,26). The summed E-state index contributed by atoms with van der Waals surface area (Å²) in [6.07, 6.45) is 0. The maximum atomic E-state index is 12.6. The number of carbonyl (C=O) groups excluding carboxylic acids is 2. The molecule has 1 aliphatic heterocycles. The molecule has 2 amide bonds. The number of benzene rings is 2. The van der Waals surface area contributed by atoms with Crippen LogP contribution in [0.3, 0.4) is 0 Å². The first-order chi connectivity index (χ1) is 13.0. The lowest BCUT2D eigenvalue weighted by atomic mass is 10.1. The van der Waals surface area contributed by atoms with Gasteiger partial charge in [-0.25, -0.2) is 9.59 Å². The van der Waals surface area contributed by atoms with Gasteiger partial charge in [0.2, 0.25) is 0 Å². The van der Waals surface area contributed by atoms with Gasteiger partial charge in [0, 0.05) is 37.6 Å². The number of ether oxygens (including phenoxy) is 1.